The Morgan fingerprint density at radius 3 is 2.11 bits per heavy atom. The zero-order chi connectivity index (χ0) is 14.3. The highest BCUT2D eigenvalue weighted by atomic mass is 16.4. The van der Waals surface area contributed by atoms with Crippen molar-refractivity contribution in [1.29, 1.82) is 0 Å². The zero-order valence-corrected chi connectivity index (χ0v) is 12.1. The lowest BCUT2D eigenvalue weighted by atomic mass is 10.0. The molecule has 0 radical (unpaired) electrons. The maximum absolute atomic E-state index is 12.0. The Morgan fingerprint density at radius 1 is 1.22 bits per heavy atom. The second-order valence-corrected chi connectivity index (χ2v) is 5.33. The lowest BCUT2D eigenvalue weighted by Crippen LogP contribution is -2.48. The normalized spacial score (nSPS) is 12.6. The van der Waals surface area contributed by atoms with Crippen LogP contribution in [0.15, 0.2) is 0 Å². The fourth-order valence-electron chi connectivity index (χ4n) is 1.69. The summed E-state index contributed by atoms with van der Waals surface area (Å²) in [6.07, 6.45) is -0.0390. The molecule has 0 heterocycles. The molecule has 2 amide bonds. The van der Waals surface area contributed by atoms with E-state index < -0.39 is 5.97 Å². The van der Waals surface area contributed by atoms with Crippen LogP contribution in [0.5, 0.6) is 0 Å². The molecule has 0 aliphatic heterocycles. The molecule has 0 rings (SSSR count). The van der Waals surface area contributed by atoms with Gasteiger partial charge in [0.15, 0.2) is 0 Å². The standard InChI is InChI=1S/C13H26N2O3/c1-6-15(8-9(2)3)13(18)14-11(10(4)5)7-12(16)17/h9-11H,6-8H2,1-5H3,(H,14,18)(H,16,17). The predicted octanol–water partition coefficient (Wildman–Crippen LogP) is 2.17. The Balaban J connectivity index is 4.51. The Hall–Kier alpha value is -1.26. The van der Waals surface area contributed by atoms with Gasteiger partial charge in [-0.25, -0.2) is 4.79 Å². The first-order valence-electron chi connectivity index (χ1n) is 6.55. The van der Waals surface area contributed by atoms with Crippen molar-refractivity contribution in [3.63, 3.8) is 0 Å². The number of aliphatic carboxylic acids is 1. The van der Waals surface area contributed by atoms with Gasteiger partial charge in [-0.2, -0.15) is 0 Å². The van der Waals surface area contributed by atoms with Crippen LogP contribution in [0.25, 0.3) is 0 Å². The number of urea groups is 1. The number of hydrogen-bond acceptors (Lipinski definition) is 2. The first-order chi connectivity index (χ1) is 8.27. The monoisotopic (exact) mass is 258 g/mol. The molecule has 5 nitrogen and oxygen atoms in total. The predicted molar refractivity (Wildman–Crippen MR) is 71.5 cm³/mol. The van der Waals surface area contributed by atoms with Crippen LogP contribution in [-0.4, -0.2) is 41.1 Å². The molecule has 2 N–H and O–H groups in total. The van der Waals surface area contributed by atoms with Crippen LogP contribution < -0.4 is 5.32 Å². The van der Waals surface area contributed by atoms with E-state index in [-0.39, 0.29) is 24.4 Å². The number of carbonyl (C=O) groups is 2. The average molecular weight is 258 g/mol. The van der Waals surface area contributed by atoms with Crippen molar-refractivity contribution in [3.8, 4) is 0 Å². The molecule has 106 valence electrons. The van der Waals surface area contributed by atoms with Gasteiger partial charge in [0.25, 0.3) is 0 Å². The van der Waals surface area contributed by atoms with Crippen molar-refractivity contribution in [2.24, 2.45) is 11.8 Å². The summed E-state index contributed by atoms with van der Waals surface area (Å²) in [4.78, 5) is 24.5. The number of nitrogens with zero attached hydrogens (tertiary/aromatic N) is 1. The molecular weight excluding hydrogens is 232 g/mol. The van der Waals surface area contributed by atoms with Crippen molar-refractivity contribution in [1.82, 2.24) is 10.2 Å². The van der Waals surface area contributed by atoms with Gasteiger partial charge in [-0.15, -0.1) is 0 Å². The third kappa shape index (κ3) is 6.47. The van der Waals surface area contributed by atoms with Gasteiger partial charge in [-0.1, -0.05) is 27.7 Å². The van der Waals surface area contributed by atoms with Crippen molar-refractivity contribution >= 4 is 12.0 Å². The van der Waals surface area contributed by atoms with E-state index in [1.807, 2.05) is 34.6 Å². The number of carboxylic acids is 1. The molecule has 0 aromatic rings. The fraction of sp³-hybridized carbons (Fsp3) is 0.846. The van der Waals surface area contributed by atoms with Crippen molar-refractivity contribution < 1.29 is 14.7 Å². The minimum absolute atomic E-state index is 0.0390. The number of hydrogen-bond donors (Lipinski definition) is 2. The van der Waals surface area contributed by atoms with E-state index in [4.69, 9.17) is 5.11 Å². The van der Waals surface area contributed by atoms with Crippen molar-refractivity contribution in [2.75, 3.05) is 13.1 Å². The molecule has 0 saturated heterocycles. The van der Waals surface area contributed by atoms with Crippen LogP contribution in [0.3, 0.4) is 0 Å². The molecule has 18 heavy (non-hydrogen) atoms. The summed E-state index contributed by atoms with van der Waals surface area (Å²) in [6.45, 7) is 11.1. The van der Waals surface area contributed by atoms with Gasteiger partial charge < -0.3 is 15.3 Å². The molecule has 0 saturated carbocycles. The molecule has 0 aromatic heterocycles. The van der Waals surface area contributed by atoms with Crippen LogP contribution in [0.2, 0.25) is 0 Å². The van der Waals surface area contributed by atoms with E-state index in [9.17, 15) is 9.59 Å². The SMILES string of the molecule is CCN(CC(C)C)C(=O)NC(CC(=O)O)C(C)C. The number of carboxylic acid groups (broad SMARTS) is 1. The van der Waals surface area contributed by atoms with Gasteiger partial charge in [0.1, 0.15) is 0 Å². The summed E-state index contributed by atoms with van der Waals surface area (Å²) < 4.78 is 0. The summed E-state index contributed by atoms with van der Waals surface area (Å²) >= 11 is 0. The van der Waals surface area contributed by atoms with Gasteiger partial charge in [0.2, 0.25) is 0 Å². The molecule has 0 aromatic carbocycles. The Morgan fingerprint density at radius 2 is 1.78 bits per heavy atom. The highest BCUT2D eigenvalue weighted by Gasteiger charge is 2.22. The van der Waals surface area contributed by atoms with Crippen LogP contribution in [-0.2, 0) is 4.79 Å². The first kappa shape index (κ1) is 16.7. The van der Waals surface area contributed by atoms with Gasteiger partial charge in [0, 0.05) is 19.1 Å². The first-order valence-corrected chi connectivity index (χ1v) is 6.55. The van der Waals surface area contributed by atoms with Gasteiger partial charge >= 0.3 is 12.0 Å². The van der Waals surface area contributed by atoms with Gasteiger partial charge in [0.05, 0.1) is 6.42 Å². The highest BCUT2D eigenvalue weighted by molar-refractivity contribution is 5.76. The largest absolute Gasteiger partial charge is 0.481 e. The molecule has 1 unspecified atom stereocenters. The smallest absolute Gasteiger partial charge is 0.317 e. The summed E-state index contributed by atoms with van der Waals surface area (Å²) in [7, 11) is 0. The second kappa shape index (κ2) is 7.95. The van der Waals surface area contributed by atoms with Crippen LogP contribution in [0, 0.1) is 11.8 Å². The van der Waals surface area contributed by atoms with E-state index in [1.54, 1.807) is 4.90 Å². The summed E-state index contributed by atoms with van der Waals surface area (Å²) in [5.74, 6) is -0.392. The Bertz CT molecular complexity index is 277. The summed E-state index contributed by atoms with van der Waals surface area (Å²) in [5.41, 5.74) is 0. The summed E-state index contributed by atoms with van der Waals surface area (Å²) in [6, 6.07) is -0.498. The number of nitrogens with one attached hydrogen (secondary N) is 1. The average Bonchev–Trinajstić information content (AvgIpc) is 2.23. The summed E-state index contributed by atoms with van der Waals surface area (Å²) in [5, 5.41) is 11.6. The van der Waals surface area contributed by atoms with E-state index in [0.717, 1.165) is 0 Å². The van der Waals surface area contributed by atoms with E-state index >= 15 is 0 Å². The minimum atomic E-state index is -0.888. The zero-order valence-electron chi connectivity index (χ0n) is 12.1. The number of carbonyl (C=O) groups excluding carboxylic acids is 1. The highest BCUT2D eigenvalue weighted by Crippen LogP contribution is 2.08. The van der Waals surface area contributed by atoms with Crippen LogP contribution in [0.1, 0.15) is 41.0 Å². The third-order valence-electron chi connectivity index (χ3n) is 2.76. The van der Waals surface area contributed by atoms with Crippen LogP contribution >= 0.6 is 0 Å². The maximum atomic E-state index is 12.0. The molecule has 1 atom stereocenters. The third-order valence-corrected chi connectivity index (χ3v) is 2.76. The number of amides is 2. The van der Waals surface area contributed by atoms with E-state index in [2.05, 4.69) is 5.32 Å². The Kier molecular flexibility index (Phi) is 7.39. The molecule has 0 spiro atoms. The minimum Gasteiger partial charge on any atom is -0.481 e. The topological polar surface area (TPSA) is 69.6 Å². The quantitative estimate of drug-likeness (QED) is 0.735. The van der Waals surface area contributed by atoms with Gasteiger partial charge in [-0.3, -0.25) is 4.79 Å². The lowest BCUT2D eigenvalue weighted by Gasteiger charge is -2.28. The molecule has 0 aliphatic rings. The molecule has 0 bridgehead atoms. The second-order valence-electron chi connectivity index (χ2n) is 5.33. The van der Waals surface area contributed by atoms with Gasteiger partial charge in [-0.05, 0) is 18.8 Å². The molecular formula is C13H26N2O3. The van der Waals surface area contributed by atoms with E-state index in [1.165, 1.54) is 0 Å². The maximum Gasteiger partial charge on any atom is 0.317 e. The van der Waals surface area contributed by atoms with Crippen LogP contribution in [0.4, 0.5) is 4.79 Å². The Labute approximate surface area is 110 Å². The van der Waals surface area contributed by atoms with E-state index in [0.29, 0.717) is 19.0 Å². The molecule has 0 fully saturated rings. The molecule has 0 aliphatic carbocycles. The van der Waals surface area contributed by atoms with Crippen molar-refractivity contribution in [3.05, 3.63) is 0 Å². The van der Waals surface area contributed by atoms with Crippen molar-refractivity contribution in [2.45, 2.75) is 47.1 Å². The fourth-order valence-corrected chi connectivity index (χ4v) is 1.69. The number of rotatable bonds is 7. The molecule has 5 heteroatoms. The lowest BCUT2D eigenvalue weighted by molar-refractivity contribution is -0.137.